The summed E-state index contributed by atoms with van der Waals surface area (Å²) >= 11 is 0. The van der Waals surface area contributed by atoms with E-state index in [-0.39, 0.29) is 0 Å². The average molecular weight is 158 g/mol. The van der Waals surface area contributed by atoms with Gasteiger partial charge in [0.1, 0.15) is 0 Å². The molecule has 66 valence electrons. The molecular formula is C8H18N2O. The van der Waals surface area contributed by atoms with Gasteiger partial charge in [0, 0.05) is 25.7 Å². The molecule has 0 saturated carbocycles. The van der Waals surface area contributed by atoms with Crippen molar-refractivity contribution in [3.05, 3.63) is 0 Å². The minimum absolute atomic E-state index is 0.304. The molecule has 0 spiro atoms. The second-order valence-corrected chi connectivity index (χ2v) is 3.41. The maximum Gasteiger partial charge on any atom is 0.0587 e. The van der Waals surface area contributed by atoms with Crippen molar-refractivity contribution in [1.29, 1.82) is 0 Å². The molecule has 1 fully saturated rings. The Morgan fingerprint density at radius 1 is 1.64 bits per heavy atom. The first-order valence-electron chi connectivity index (χ1n) is 4.21. The highest BCUT2D eigenvalue weighted by Crippen LogP contribution is 2.12. The van der Waals surface area contributed by atoms with Crippen LogP contribution < -0.4 is 10.6 Å². The zero-order valence-electron chi connectivity index (χ0n) is 7.44. The van der Waals surface area contributed by atoms with Crippen LogP contribution in [0.25, 0.3) is 0 Å². The molecule has 0 aliphatic carbocycles. The van der Waals surface area contributed by atoms with Gasteiger partial charge in [0.25, 0.3) is 0 Å². The van der Waals surface area contributed by atoms with Crippen LogP contribution in [0.3, 0.4) is 0 Å². The lowest BCUT2D eigenvalue weighted by molar-refractivity contribution is 0.188. The summed E-state index contributed by atoms with van der Waals surface area (Å²) in [6.45, 7) is 6.22. The first-order chi connectivity index (χ1) is 5.27. The van der Waals surface area contributed by atoms with Gasteiger partial charge in [0.05, 0.1) is 6.61 Å². The summed E-state index contributed by atoms with van der Waals surface area (Å²) in [4.78, 5) is 0. The topological polar surface area (TPSA) is 33.3 Å². The molecule has 2 N–H and O–H groups in total. The van der Waals surface area contributed by atoms with Crippen molar-refractivity contribution in [1.82, 2.24) is 10.6 Å². The molecular weight excluding hydrogens is 140 g/mol. The largest absolute Gasteiger partial charge is 0.383 e. The van der Waals surface area contributed by atoms with Crippen LogP contribution in [0.15, 0.2) is 0 Å². The molecule has 0 amide bonds. The predicted octanol–water partition coefficient (Wildman–Crippen LogP) is -0.0256. The summed E-state index contributed by atoms with van der Waals surface area (Å²) in [5, 5.41) is 6.81. The standard InChI is InChI=1S/C8H18N2O/c1-8(3-4-9-7-8)10-5-6-11-2/h9-10H,3-7H2,1-2H3. The summed E-state index contributed by atoms with van der Waals surface area (Å²) in [7, 11) is 1.73. The Morgan fingerprint density at radius 2 is 2.45 bits per heavy atom. The molecule has 0 aromatic carbocycles. The van der Waals surface area contributed by atoms with Gasteiger partial charge < -0.3 is 15.4 Å². The van der Waals surface area contributed by atoms with Crippen LogP contribution in [0.5, 0.6) is 0 Å². The molecule has 1 aliphatic heterocycles. The van der Waals surface area contributed by atoms with E-state index in [1.807, 2.05) is 0 Å². The van der Waals surface area contributed by atoms with Crippen LogP contribution in [-0.2, 0) is 4.74 Å². The molecule has 1 saturated heterocycles. The zero-order valence-corrected chi connectivity index (χ0v) is 7.44. The van der Waals surface area contributed by atoms with E-state index in [2.05, 4.69) is 17.6 Å². The highest BCUT2D eigenvalue weighted by Gasteiger charge is 2.26. The van der Waals surface area contributed by atoms with Crippen LogP contribution in [0, 0.1) is 0 Å². The smallest absolute Gasteiger partial charge is 0.0587 e. The van der Waals surface area contributed by atoms with Gasteiger partial charge in [-0.1, -0.05) is 0 Å². The van der Waals surface area contributed by atoms with Gasteiger partial charge in [0.2, 0.25) is 0 Å². The van der Waals surface area contributed by atoms with Gasteiger partial charge >= 0.3 is 0 Å². The highest BCUT2D eigenvalue weighted by molar-refractivity contribution is 4.91. The normalized spacial score (nSPS) is 31.1. The third kappa shape index (κ3) is 2.77. The number of hydrogen-bond donors (Lipinski definition) is 2. The maximum absolute atomic E-state index is 4.96. The number of nitrogens with one attached hydrogen (secondary N) is 2. The van der Waals surface area contributed by atoms with E-state index in [4.69, 9.17) is 4.74 Å². The van der Waals surface area contributed by atoms with Gasteiger partial charge in [0.15, 0.2) is 0 Å². The Balaban J connectivity index is 2.13. The minimum Gasteiger partial charge on any atom is -0.383 e. The molecule has 1 rings (SSSR count). The summed E-state index contributed by atoms with van der Waals surface area (Å²) in [5.74, 6) is 0. The second kappa shape index (κ2) is 4.04. The number of hydrogen-bond acceptors (Lipinski definition) is 3. The van der Waals surface area contributed by atoms with Crippen molar-refractivity contribution in [3.8, 4) is 0 Å². The van der Waals surface area contributed by atoms with Crippen molar-refractivity contribution in [2.24, 2.45) is 0 Å². The fourth-order valence-electron chi connectivity index (χ4n) is 1.42. The Kier molecular flexibility index (Phi) is 3.30. The summed E-state index contributed by atoms with van der Waals surface area (Å²) in [5.41, 5.74) is 0.304. The second-order valence-electron chi connectivity index (χ2n) is 3.41. The van der Waals surface area contributed by atoms with Crippen LogP contribution in [0.2, 0.25) is 0 Å². The molecule has 1 aliphatic rings. The molecule has 3 heteroatoms. The third-order valence-electron chi connectivity index (χ3n) is 2.23. The van der Waals surface area contributed by atoms with Crippen molar-refractivity contribution in [3.63, 3.8) is 0 Å². The van der Waals surface area contributed by atoms with Gasteiger partial charge in [-0.15, -0.1) is 0 Å². The van der Waals surface area contributed by atoms with Gasteiger partial charge in [-0.25, -0.2) is 0 Å². The van der Waals surface area contributed by atoms with Crippen molar-refractivity contribution in [2.75, 3.05) is 33.4 Å². The molecule has 1 unspecified atom stereocenters. The minimum atomic E-state index is 0.304. The van der Waals surface area contributed by atoms with Crippen molar-refractivity contribution >= 4 is 0 Å². The molecule has 3 nitrogen and oxygen atoms in total. The van der Waals surface area contributed by atoms with Crippen molar-refractivity contribution in [2.45, 2.75) is 18.9 Å². The Hall–Kier alpha value is -0.120. The van der Waals surface area contributed by atoms with Gasteiger partial charge in [-0.3, -0.25) is 0 Å². The predicted molar refractivity (Wildman–Crippen MR) is 45.8 cm³/mol. The lowest BCUT2D eigenvalue weighted by Gasteiger charge is -2.24. The van der Waals surface area contributed by atoms with E-state index in [9.17, 15) is 0 Å². The number of methoxy groups -OCH3 is 1. The molecule has 0 aromatic heterocycles. The molecule has 0 bridgehead atoms. The molecule has 1 atom stereocenters. The Labute approximate surface area is 68.5 Å². The fraction of sp³-hybridized carbons (Fsp3) is 1.00. The van der Waals surface area contributed by atoms with E-state index >= 15 is 0 Å². The molecule has 11 heavy (non-hydrogen) atoms. The Bertz CT molecular complexity index is 111. The van der Waals surface area contributed by atoms with Crippen LogP contribution in [0.1, 0.15) is 13.3 Å². The summed E-state index contributed by atoms with van der Waals surface area (Å²) in [6.07, 6.45) is 1.22. The van der Waals surface area contributed by atoms with Crippen molar-refractivity contribution < 1.29 is 4.74 Å². The lowest BCUT2D eigenvalue weighted by Crippen LogP contribution is -2.45. The SMILES string of the molecule is COCCNC1(C)CCNC1. The fourth-order valence-corrected chi connectivity index (χ4v) is 1.42. The third-order valence-corrected chi connectivity index (χ3v) is 2.23. The van der Waals surface area contributed by atoms with E-state index < -0.39 is 0 Å². The highest BCUT2D eigenvalue weighted by atomic mass is 16.5. The van der Waals surface area contributed by atoms with Crippen LogP contribution >= 0.6 is 0 Å². The first kappa shape index (κ1) is 8.97. The Morgan fingerprint density at radius 3 is 3.00 bits per heavy atom. The molecule has 1 heterocycles. The molecule has 0 radical (unpaired) electrons. The lowest BCUT2D eigenvalue weighted by atomic mass is 10.0. The number of rotatable bonds is 4. The van der Waals surface area contributed by atoms with E-state index in [1.54, 1.807) is 7.11 Å². The zero-order chi connectivity index (χ0) is 8.16. The van der Waals surface area contributed by atoms with E-state index in [0.717, 1.165) is 26.2 Å². The number of ether oxygens (including phenoxy) is 1. The van der Waals surface area contributed by atoms with Gasteiger partial charge in [-0.2, -0.15) is 0 Å². The van der Waals surface area contributed by atoms with Crippen LogP contribution in [-0.4, -0.2) is 38.9 Å². The summed E-state index contributed by atoms with van der Waals surface area (Å²) < 4.78 is 4.96. The maximum atomic E-state index is 4.96. The summed E-state index contributed by atoms with van der Waals surface area (Å²) in [6, 6.07) is 0. The van der Waals surface area contributed by atoms with E-state index in [0.29, 0.717) is 5.54 Å². The van der Waals surface area contributed by atoms with Crippen LogP contribution in [0.4, 0.5) is 0 Å². The average Bonchev–Trinajstić information content (AvgIpc) is 2.38. The molecule has 0 aromatic rings. The van der Waals surface area contributed by atoms with Gasteiger partial charge in [-0.05, 0) is 19.9 Å². The first-order valence-corrected chi connectivity index (χ1v) is 4.21. The van der Waals surface area contributed by atoms with E-state index in [1.165, 1.54) is 6.42 Å². The quantitative estimate of drug-likeness (QED) is 0.564. The monoisotopic (exact) mass is 158 g/mol.